The van der Waals surface area contributed by atoms with Gasteiger partial charge >= 0.3 is 0 Å². The highest BCUT2D eigenvalue weighted by Gasteiger charge is 2.12. The van der Waals surface area contributed by atoms with Crippen LogP contribution in [0.2, 0.25) is 0 Å². The van der Waals surface area contributed by atoms with E-state index in [1.807, 2.05) is 0 Å². The molecule has 0 heterocycles. The Kier molecular flexibility index (Phi) is 6.66. The lowest BCUT2D eigenvalue weighted by molar-refractivity contribution is 0.105. The van der Waals surface area contributed by atoms with E-state index in [2.05, 4.69) is 11.9 Å². The highest BCUT2D eigenvalue weighted by atomic mass is 19.3. The summed E-state index contributed by atoms with van der Waals surface area (Å²) in [5.74, 6) is 0. The number of hydrogen-bond acceptors (Lipinski definition) is 2. The van der Waals surface area contributed by atoms with E-state index >= 15 is 0 Å². The van der Waals surface area contributed by atoms with Gasteiger partial charge in [-0.15, -0.1) is 0 Å². The molecule has 0 fully saturated rings. The Hall–Kier alpha value is -0.640. The standard InChI is InChI=1S/C8H15F2NO/c1-3-12-6-4-5-11-7(2)8(9)10/h3,7-8,11H,1,4-6H2,2H3. The Morgan fingerprint density at radius 2 is 2.25 bits per heavy atom. The van der Waals surface area contributed by atoms with Crippen molar-refractivity contribution in [3.63, 3.8) is 0 Å². The second-order valence-electron chi connectivity index (χ2n) is 2.47. The van der Waals surface area contributed by atoms with Gasteiger partial charge in [0.2, 0.25) is 0 Å². The largest absolute Gasteiger partial charge is 0.502 e. The van der Waals surface area contributed by atoms with Crippen LogP contribution in [0.3, 0.4) is 0 Å². The first-order valence-corrected chi connectivity index (χ1v) is 3.92. The summed E-state index contributed by atoms with van der Waals surface area (Å²) >= 11 is 0. The number of nitrogens with one attached hydrogen (secondary N) is 1. The second-order valence-corrected chi connectivity index (χ2v) is 2.47. The fraction of sp³-hybridized carbons (Fsp3) is 0.750. The average molecular weight is 179 g/mol. The normalized spacial score (nSPS) is 13.0. The van der Waals surface area contributed by atoms with Crippen molar-refractivity contribution in [3.8, 4) is 0 Å². The fourth-order valence-electron chi connectivity index (χ4n) is 0.658. The highest BCUT2D eigenvalue weighted by molar-refractivity contribution is 4.62. The number of ether oxygens (including phenoxy) is 1. The van der Waals surface area contributed by atoms with E-state index in [0.717, 1.165) is 0 Å². The van der Waals surface area contributed by atoms with E-state index in [-0.39, 0.29) is 0 Å². The molecule has 72 valence electrons. The fourth-order valence-corrected chi connectivity index (χ4v) is 0.658. The van der Waals surface area contributed by atoms with Gasteiger partial charge in [0.15, 0.2) is 0 Å². The van der Waals surface area contributed by atoms with Gasteiger partial charge < -0.3 is 10.1 Å². The zero-order valence-corrected chi connectivity index (χ0v) is 7.22. The van der Waals surface area contributed by atoms with E-state index in [1.54, 1.807) is 0 Å². The van der Waals surface area contributed by atoms with Gasteiger partial charge in [-0.1, -0.05) is 6.58 Å². The predicted octanol–water partition coefficient (Wildman–Crippen LogP) is 1.78. The molecule has 0 amide bonds. The highest BCUT2D eigenvalue weighted by Crippen LogP contribution is 1.98. The van der Waals surface area contributed by atoms with Crippen LogP contribution >= 0.6 is 0 Å². The van der Waals surface area contributed by atoms with Gasteiger partial charge in [-0.3, -0.25) is 0 Å². The summed E-state index contributed by atoms with van der Waals surface area (Å²) in [5.41, 5.74) is 0. The SMILES string of the molecule is C=COCCCNC(C)C(F)F. The number of halogens is 2. The van der Waals surface area contributed by atoms with Crippen LogP contribution in [0.4, 0.5) is 8.78 Å². The third-order valence-corrected chi connectivity index (χ3v) is 1.40. The van der Waals surface area contributed by atoms with Crippen molar-refractivity contribution in [2.45, 2.75) is 25.8 Å². The predicted molar refractivity (Wildman–Crippen MR) is 44.2 cm³/mol. The van der Waals surface area contributed by atoms with Gasteiger partial charge in [-0.25, -0.2) is 8.78 Å². The molecule has 2 nitrogen and oxygen atoms in total. The molecule has 0 aromatic rings. The third kappa shape index (κ3) is 6.09. The molecule has 0 aliphatic heterocycles. The van der Waals surface area contributed by atoms with Crippen LogP contribution in [0.25, 0.3) is 0 Å². The molecular weight excluding hydrogens is 164 g/mol. The van der Waals surface area contributed by atoms with E-state index in [0.29, 0.717) is 19.6 Å². The lowest BCUT2D eigenvalue weighted by Crippen LogP contribution is -2.33. The Morgan fingerprint density at radius 3 is 2.75 bits per heavy atom. The molecule has 0 saturated carbocycles. The molecule has 0 aliphatic carbocycles. The lowest BCUT2D eigenvalue weighted by atomic mass is 10.3. The van der Waals surface area contributed by atoms with Crippen molar-refractivity contribution in [1.82, 2.24) is 5.32 Å². The minimum absolute atomic E-state index is 0.520. The summed E-state index contributed by atoms with van der Waals surface area (Å²) in [6, 6.07) is -0.742. The van der Waals surface area contributed by atoms with Crippen molar-refractivity contribution in [2.24, 2.45) is 0 Å². The van der Waals surface area contributed by atoms with Crippen LogP contribution in [0.1, 0.15) is 13.3 Å². The molecule has 1 N–H and O–H groups in total. The smallest absolute Gasteiger partial charge is 0.253 e. The Morgan fingerprint density at radius 1 is 1.58 bits per heavy atom. The lowest BCUT2D eigenvalue weighted by Gasteiger charge is -2.11. The topological polar surface area (TPSA) is 21.3 Å². The van der Waals surface area contributed by atoms with Crippen molar-refractivity contribution >= 4 is 0 Å². The number of alkyl halides is 2. The van der Waals surface area contributed by atoms with Gasteiger partial charge in [0, 0.05) is 0 Å². The summed E-state index contributed by atoms with van der Waals surface area (Å²) < 4.78 is 28.6. The van der Waals surface area contributed by atoms with Crippen LogP contribution in [-0.2, 0) is 4.74 Å². The molecule has 0 radical (unpaired) electrons. The minimum atomic E-state index is -2.30. The van der Waals surface area contributed by atoms with Crippen LogP contribution < -0.4 is 5.32 Å². The van der Waals surface area contributed by atoms with E-state index < -0.39 is 12.5 Å². The van der Waals surface area contributed by atoms with Gasteiger partial charge in [0.25, 0.3) is 6.43 Å². The monoisotopic (exact) mass is 179 g/mol. The molecule has 0 rings (SSSR count). The second kappa shape index (κ2) is 7.03. The summed E-state index contributed by atoms with van der Waals surface area (Å²) in [6.07, 6.45) is -0.245. The van der Waals surface area contributed by atoms with Crippen molar-refractivity contribution in [3.05, 3.63) is 12.8 Å². The van der Waals surface area contributed by atoms with Crippen molar-refractivity contribution < 1.29 is 13.5 Å². The Balaban J connectivity index is 3.13. The molecule has 0 spiro atoms. The average Bonchev–Trinajstić information content (AvgIpc) is 2.03. The molecular formula is C8H15F2NO. The molecule has 0 bridgehead atoms. The molecule has 4 heteroatoms. The first kappa shape index (κ1) is 11.4. The molecule has 0 aliphatic rings. The van der Waals surface area contributed by atoms with Crippen LogP contribution in [-0.4, -0.2) is 25.6 Å². The van der Waals surface area contributed by atoms with Crippen LogP contribution in [0, 0.1) is 0 Å². The summed E-state index contributed by atoms with van der Waals surface area (Å²) in [7, 11) is 0. The van der Waals surface area contributed by atoms with E-state index in [9.17, 15) is 8.78 Å². The first-order valence-electron chi connectivity index (χ1n) is 3.92. The van der Waals surface area contributed by atoms with Gasteiger partial charge in [-0.05, 0) is 19.9 Å². The summed E-state index contributed by atoms with van der Waals surface area (Å²) in [6.45, 7) is 5.88. The maximum absolute atomic E-state index is 11.9. The molecule has 1 atom stereocenters. The van der Waals surface area contributed by atoms with Crippen LogP contribution in [0.5, 0.6) is 0 Å². The van der Waals surface area contributed by atoms with Gasteiger partial charge in [0.05, 0.1) is 18.9 Å². The molecule has 1 unspecified atom stereocenters. The number of rotatable bonds is 7. The molecule has 0 aromatic carbocycles. The Labute approximate surface area is 71.6 Å². The van der Waals surface area contributed by atoms with Crippen molar-refractivity contribution in [2.75, 3.05) is 13.2 Å². The Bertz CT molecular complexity index is 120. The number of hydrogen-bond donors (Lipinski definition) is 1. The maximum Gasteiger partial charge on any atom is 0.253 e. The van der Waals surface area contributed by atoms with Crippen molar-refractivity contribution in [1.29, 1.82) is 0 Å². The van der Waals surface area contributed by atoms with Gasteiger partial charge in [0.1, 0.15) is 0 Å². The zero-order valence-electron chi connectivity index (χ0n) is 7.22. The van der Waals surface area contributed by atoms with E-state index in [1.165, 1.54) is 13.2 Å². The molecule has 0 aromatic heterocycles. The van der Waals surface area contributed by atoms with E-state index in [4.69, 9.17) is 4.74 Å². The summed E-state index contributed by atoms with van der Waals surface area (Å²) in [4.78, 5) is 0. The first-order chi connectivity index (χ1) is 5.68. The minimum Gasteiger partial charge on any atom is -0.502 e. The van der Waals surface area contributed by atoms with Gasteiger partial charge in [-0.2, -0.15) is 0 Å². The van der Waals surface area contributed by atoms with Crippen LogP contribution in [0.15, 0.2) is 12.8 Å². The third-order valence-electron chi connectivity index (χ3n) is 1.40. The quantitative estimate of drug-likeness (QED) is 0.475. The zero-order chi connectivity index (χ0) is 9.40. The summed E-state index contributed by atoms with van der Waals surface area (Å²) in [5, 5.41) is 2.68. The molecule has 12 heavy (non-hydrogen) atoms. The molecule has 0 saturated heterocycles. The maximum atomic E-state index is 11.9.